The highest BCUT2D eigenvalue weighted by molar-refractivity contribution is 9.10. The first-order chi connectivity index (χ1) is 9.01. The van der Waals surface area contributed by atoms with Gasteiger partial charge in [0.1, 0.15) is 22.6 Å². The molecule has 0 fully saturated rings. The summed E-state index contributed by atoms with van der Waals surface area (Å²) < 4.78 is 13.4. The average Bonchev–Trinajstić information content (AvgIpc) is 2.33. The fourth-order valence-corrected chi connectivity index (χ4v) is 2.09. The van der Waals surface area contributed by atoms with E-state index in [-0.39, 0.29) is 22.4 Å². The third-order valence-electron chi connectivity index (χ3n) is 2.31. The molecule has 1 heterocycles. The van der Waals surface area contributed by atoms with Gasteiger partial charge in [0.05, 0.1) is 10.0 Å². The van der Waals surface area contributed by atoms with E-state index in [9.17, 15) is 9.18 Å². The summed E-state index contributed by atoms with van der Waals surface area (Å²) in [6.45, 7) is 1.66. The monoisotopic (exact) mass is 343 g/mol. The summed E-state index contributed by atoms with van der Waals surface area (Å²) in [4.78, 5) is 19.0. The lowest BCUT2D eigenvalue weighted by atomic mass is 10.3. The van der Waals surface area contributed by atoms with Crippen molar-refractivity contribution < 1.29 is 9.18 Å². The molecule has 0 aliphatic carbocycles. The summed E-state index contributed by atoms with van der Waals surface area (Å²) >= 11 is 8.95. The van der Waals surface area contributed by atoms with E-state index < -0.39 is 0 Å². The molecule has 0 atom stereocenters. The summed E-state index contributed by atoms with van der Waals surface area (Å²) in [5.41, 5.74) is 0.734. The smallest absolute Gasteiger partial charge is 0.156 e. The van der Waals surface area contributed by atoms with Crippen LogP contribution in [-0.4, -0.2) is 16.3 Å². The van der Waals surface area contributed by atoms with Crippen LogP contribution in [0.25, 0.3) is 0 Å². The van der Waals surface area contributed by atoms with E-state index in [0.29, 0.717) is 22.3 Å². The van der Waals surface area contributed by atoms with E-state index in [1.807, 2.05) is 0 Å². The van der Waals surface area contributed by atoms with Crippen molar-refractivity contribution in [1.29, 1.82) is 0 Å². The zero-order valence-electron chi connectivity index (χ0n) is 9.75. The molecule has 0 saturated heterocycles. The SMILES string of the molecule is Cc1nc(Cl)c(C=O)c(Nc2ccc(F)c(Br)c2)n1. The maximum Gasteiger partial charge on any atom is 0.156 e. The van der Waals surface area contributed by atoms with Gasteiger partial charge in [-0.05, 0) is 41.1 Å². The number of aldehydes is 1. The van der Waals surface area contributed by atoms with Crippen molar-refractivity contribution in [3.63, 3.8) is 0 Å². The van der Waals surface area contributed by atoms with Gasteiger partial charge in [0, 0.05) is 5.69 Å². The number of nitrogens with zero attached hydrogens (tertiary/aromatic N) is 2. The lowest BCUT2D eigenvalue weighted by Crippen LogP contribution is -2.03. The second kappa shape index (κ2) is 5.63. The summed E-state index contributed by atoms with van der Waals surface area (Å²) in [5.74, 6) is 0.336. The van der Waals surface area contributed by atoms with Gasteiger partial charge < -0.3 is 5.32 Å². The average molecular weight is 345 g/mol. The third-order valence-corrected chi connectivity index (χ3v) is 3.21. The van der Waals surface area contributed by atoms with Crippen molar-refractivity contribution in [2.75, 3.05) is 5.32 Å². The Hall–Kier alpha value is -1.53. The van der Waals surface area contributed by atoms with Crippen molar-refractivity contribution in [3.8, 4) is 0 Å². The zero-order valence-corrected chi connectivity index (χ0v) is 12.1. The molecule has 0 radical (unpaired) electrons. The van der Waals surface area contributed by atoms with Crippen LogP contribution in [0.5, 0.6) is 0 Å². The Kier molecular flexibility index (Phi) is 4.11. The quantitative estimate of drug-likeness (QED) is 0.678. The van der Waals surface area contributed by atoms with E-state index in [1.54, 1.807) is 6.92 Å². The van der Waals surface area contributed by atoms with Crippen LogP contribution in [0.1, 0.15) is 16.2 Å². The number of anilines is 2. The van der Waals surface area contributed by atoms with Crippen molar-refractivity contribution in [1.82, 2.24) is 9.97 Å². The van der Waals surface area contributed by atoms with Gasteiger partial charge in [-0.15, -0.1) is 0 Å². The first-order valence-electron chi connectivity index (χ1n) is 5.22. The van der Waals surface area contributed by atoms with Crippen LogP contribution < -0.4 is 5.32 Å². The summed E-state index contributed by atoms with van der Waals surface area (Å²) in [6.07, 6.45) is 0.572. The van der Waals surface area contributed by atoms with Crippen molar-refractivity contribution in [2.24, 2.45) is 0 Å². The molecule has 7 heteroatoms. The molecule has 0 aliphatic heterocycles. The maximum absolute atomic E-state index is 13.1. The number of carbonyl (C=O) groups is 1. The molecule has 1 aromatic heterocycles. The van der Waals surface area contributed by atoms with Crippen LogP contribution in [0.4, 0.5) is 15.9 Å². The number of halogens is 3. The Morgan fingerprint density at radius 2 is 2.16 bits per heavy atom. The van der Waals surface area contributed by atoms with Gasteiger partial charge in [0.25, 0.3) is 0 Å². The van der Waals surface area contributed by atoms with E-state index in [1.165, 1.54) is 18.2 Å². The molecular weight excluding hydrogens is 337 g/mol. The molecule has 0 aliphatic rings. The van der Waals surface area contributed by atoms with Crippen LogP contribution >= 0.6 is 27.5 Å². The number of carbonyl (C=O) groups excluding carboxylic acids is 1. The van der Waals surface area contributed by atoms with Gasteiger partial charge in [0.15, 0.2) is 6.29 Å². The number of benzene rings is 1. The first-order valence-corrected chi connectivity index (χ1v) is 6.39. The van der Waals surface area contributed by atoms with Gasteiger partial charge in [-0.25, -0.2) is 14.4 Å². The van der Waals surface area contributed by atoms with Gasteiger partial charge in [-0.1, -0.05) is 11.6 Å². The minimum Gasteiger partial charge on any atom is -0.339 e. The van der Waals surface area contributed by atoms with Crippen LogP contribution in [-0.2, 0) is 0 Å². The molecule has 0 spiro atoms. The molecule has 0 unspecified atom stereocenters. The molecule has 0 amide bonds. The Balaban J connectivity index is 2.42. The molecule has 19 heavy (non-hydrogen) atoms. The standard InChI is InChI=1S/C12H8BrClFN3O/c1-6-16-11(14)8(5-19)12(17-6)18-7-2-3-10(15)9(13)4-7/h2-5H,1H3,(H,16,17,18). The molecular formula is C12H8BrClFN3O. The summed E-state index contributed by atoms with van der Waals surface area (Å²) in [5, 5.41) is 2.98. The van der Waals surface area contributed by atoms with Crippen LogP contribution in [0.2, 0.25) is 5.15 Å². The van der Waals surface area contributed by atoms with Gasteiger partial charge >= 0.3 is 0 Å². The number of aromatic nitrogens is 2. The lowest BCUT2D eigenvalue weighted by molar-refractivity contribution is 0.112. The fourth-order valence-electron chi connectivity index (χ4n) is 1.46. The molecule has 4 nitrogen and oxygen atoms in total. The Morgan fingerprint density at radius 1 is 1.42 bits per heavy atom. The summed E-state index contributed by atoms with van der Waals surface area (Å²) in [6, 6.07) is 4.36. The van der Waals surface area contributed by atoms with E-state index in [0.717, 1.165) is 0 Å². The van der Waals surface area contributed by atoms with Crippen LogP contribution in [0.3, 0.4) is 0 Å². The van der Waals surface area contributed by atoms with E-state index in [2.05, 4.69) is 31.2 Å². The number of nitrogens with one attached hydrogen (secondary N) is 1. The minimum atomic E-state index is -0.377. The van der Waals surface area contributed by atoms with Gasteiger partial charge in [-0.3, -0.25) is 4.79 Å². The second-order valence-corrected chi connectivity index (χ2v) is 4.91. The Morgan fingerprint density at radius 3 is 2.79 bits per heavy atom. The van der Waals surface area contributed by atoms with Gasteiger partial charge in [-0.2, -0.15) is 0 Å². The first kappa shape index (κ1) is 13.9. The van der Waals surface area contributed by atoms with Crippen LogP contribution in [0, 0.1) is 12.7 Å². The number of rotatable bonds is 3. The zero-order chi connectivity index (χ0) is 14.0. The molecule has 2 rings (SSSR count). The second-order valence-electron chi connectivity index (χ2n) is 3.70. The van der Waals surface area contributed by atoms with E-state index in [4.69, 9.17) is 11.6 Å². The van der Waals surface area contributed by atoms with Crippen molar-refractivity contribution in [3.05, 3.63) is 45.0 Å². The van der Waals surface area contributed by atoms with Crippen molar-refractivity contribution >= 4 is 45.3 Å². The van der Waals surface area contributed by atoms with Gasteiger partial charge in [0.2, 0.25) is 0 Å². The third kappa shape index (κ3) is 3.08. The molecule has 1 aromatic carbocycles. The van der Waals surface area contributed by atoms with Crippen LogP contribution in [0.15, 0.2) is 22.7 Å². The molecule has 0 saturated carbocycles. The fraction of sp³-hybridized carbons (Fsp3) is 0.0833. The predicted molar refractivity (Wildman–Crippen MR) is 74.5 cm³/mol. The maximum atomic E-state index is 13.1. The Labute approximate surface area is 122 Å². The number of hydrogen-bond donors (Lipinski definition) is 1. The predicted octanol–water partition coefficient (Wildman–Crippen LogP) is 3.90. The highest BCUT2D eigenvalue weighted by atomic mass is 79.9. The highest BCUT2D eigenvalue weighted by Gasteiger charge is 2.11. The van der Waals surface area contributed by atoms with Crippen molar-refractivity contribution in [2.45, 2.75) is 6.92 Å². The Bertz CT molecular complexity index is 651. The normalized spacial score (nSPS) is 10.3. The highest BCUT2D eigenvalue weighted by Crippen LogP contribution is 2.25. The number of aryl methyl sites for hydroxylation is 1. The summed E-state index contributed by atoms with van der Waals surface area (Å²) in [7, 11) is 0. The lowest BCUT2D eigenvalue weighted by Gasteiger charge is -2.10. The molecule has 1 N–H and O–H groups in total. The number of hydrogen-bond acceptors (Lipinski definition) is 4. The molecule has 0 bridgehead atoms. The largest absolute Gasteiger partial charge is 0.339 e. The molecule has 98 valence electrons. The van der Waals surface area contributed by atoms with E-state index >= 15 is 0 Å². The molecule has 2 aromatic rings. The topological polar surface area (TPSA) is 54.9 Å². The minimum absolute atomic E-state index is 0.0752.